The van der Waals surface area contributed by atoms with Crippen LogP contribution in [0.1, 0.15) is 22.3 Å². The molecule has 3 aromatic carbocycles. The van der Waals surface area contributed by atoms with Crippen molar-refractivity contribution in [3.05, 3.63) is 101 Å². The van der Waals surface area contributed by atoms with E-state index in [9.17, 15) is 4.79 Å². The van der Waals surface area contributed by atoms with E-state index in [1.54, 1.807) is 12.1 Å². The van der Waals surface area contributed by atoms with Crippen molar-refractivity contribution in [2.75, 3.05) is 5.32 Å². The van der Waals surface area contributed by atoms with E-state index in [1.807, 2.05) is 73.7 Å². The molecule has 1 heterocycles. The standard InChI is InChI=1S/C24H21N5O2/c1-15-9-5-6-12-17(15)21(25)31-24(26)29-22-23(30)27-19-14-8-7-13-18(19)20(28-22)16-10-3-2-4-11-16/h2-14,22,25H,1H3,(H2,26,29)(H,27,30). The molecule has 7 nitrogen and oxygen atoms in total. The lowest BCUT2D eigenvalue weighted by Crippen LogP contribution is -2.29. The van der Waals surface area contributed by atoms with Gasteiger partial charge in [0.2, 0.25) is 12.1 Å². The average Bonchev–Trinajstić information content (AvgIpc) is 2.91. The minimum absolute atomic E-state index is 0.149. The number of carbonyl (C=O) groups is 1. The van der Waals surface area contributed by atoms with E-state index in [0.29, 0.717) is 17.0 Å². The molecule has 0 saturated heterocycles. The van der Waals surface area contributed by atoms with Crippen molar-refractivity contribution in [2.24, 2.45) is 15.7 Å². The van der Waals surface area contributed by atoms with Gasteiger partial charge in [0.1, 0.15) is 0 Å². The third-order valence-corrected chi connectivity index (χ3v) is 4.82. The van der Waals surface area contributed by atoms with Crippen molar-refractivity contribution < 1.29 is 9.53 Å². The number of benzene rings is 3. The molecule has 7 heteroatoms. The molecule has 0 spiro atoms. The van der Waals surface area contributed by atoms with Gasteiger partial charge in [-0.15, -0.1) is 0 Å². The van der Waals surface area contributed by atoms with Crippen LogP contribution in [-0.4, -0.2) is 29.7 Å². The minimum Gasteiger partial charge on any atom is -0.407 e. The largest absolute Gasteiger partial charge is 0.407 e. The molecule has 4 N–H and O–H groups in total. The van der Waals surface area contributed by atoms with E-state index in [4.69, 9.17) is 15.9 Å². The lowest BCUT2D eigenvalue weighted by Gasteiger charge is -2.11. The minimum atomic E-state index is -1.16. The van der Waals surface area contributed by atoms with Crippen molar-refractivity contribution in [1.29, 1.82) is 5.41 Å². The third kappa shape index (κ3) is 4.35. The fraction of sp³-hybridized carbons (Fsp3) is 0.0833. The van der Waals surface area contributed by atoms with Crippen molar-refractivity contribution in [3.63, 3.8) is 0 Å². The number of amides is 1. The zero-order valence-electron chi connectivity index (χ0n) is 16.9. The van der Waals surface area contributed by atoms with Gasteiger partial charge < -0.3 is 15.8 Å². The first-order valence-electron chi connectivity index (χ1n) is 9.72. The Balaban J connectivity index is 1.68. The number of nitrogens with two attached hydrogens (primary N) is 1. The number of hydrogen-bond donors (Lipinski definition) is 3. The Hall–Kier alpha value is -4.26. The second-order valence-corrected chi connectivity index (χ2v) is 6.97. The predicted molar refractivity (Wildman–Crippen MR) is 122 cm³/mol. The van der Waals surface area contributed by atoms with Crippen LogP contribution in [0.4, 0.5) is 5.69 Å². The van der Waals surface area contributed by atoms with Crippen LogP contribution < -0.4 is 11.1 Å². The molecule has 1 amide bonds. The van der Waals surface area contributed by atoms with Gasteiger partial charge in [0.25, 0.3) is 11.9 Å². The van der Waals surface area contributed by atoms with Crippen LogP contribution in [0.15, 0.2) is 88.8 Å². The van der Waals surface area contributed by atoms with Gasteiger partial charge in [0.15, 0.2) is 0 Å². The molecule has 1 unspecified atom stereocenters. The second kappa shape index (κ2) is 8.62. The zero-order chi connectivity index (χ0) is 21.8. The van der Waals surface area contributed by atoms with Crippen molar-refractivity contribution in [2.45, 2.75) is 13.1 Å². The average molecular weight is 411 g/mol. The molecule has 0 aromatic heterocycles. The smallest absolute Gasteiger partial charge is 0.291 e. The third-order valence-electron chi connectivity index (χ3n) is 4.82. The Morgan fingerprint density at radius 2 is 1.71 bits per heavy atom. The number of anilines is 1. The van der Waals surface area contributed by atoms with Crippen LogP contribution in [0.2, 0.25) is 0 Å². The normalized spacial score (nSPS) is 15.9. The summed E-state index contributed by atoms with van der Waals surface area (Å²) in [5.74, 6) is -0.587. The van der Waals surface area contributed by atoms with Gasteiger partial charge in [-0.1, -0.05) is 66.7 Å². The molecule has 1 aliphatic rings. The van der Waals surface area contributed by atoms with Crippen LogP contribution in [0.25, 0.3) is 0 Å². The highest BCUT2D eigenvalue weighted by molar-refractivity contribution is 6.19. The number of nitrogens with zero attached hydrogens (tertiary/aromatic N) is 2. The van der Waals surface area contributed by atoms with Gasteiger partial charge in [-0.3, -0.25) is 10.2 Å². The lowest BCUT2D eigenvalue weighted by molar-refractivity contribution is -0.117. The Morgan fingerprint density at radius 1 is 1.03 bits per heavy atom. The first kappa shape index (κ1) is 20.0. The molecule has 0 saturated carbocycles. The second-order valence-electron chi connectivity index (χ2n) is 6.97. The fourth-order valence-corrected chi connectivity index (χ4v) is 3.29. The number of aliphatic imine (C=N–C) groups is 2. The maximum Gasteiger partial charge on any atom is 0.291 e. The number of aryl methyl sites for hydroxylation is 1. The summed E-state index contributed by atoms with van der Waals surface area (Å²) >= 11 is 0. The highest BCUT2D eigenvalue weighted by atomic mass is 16.5. The summed E-state index contributed by atoms with van der Waals surface area (Å²) in [6, 6.07) is 24.0. The van der Waals surface area contributed by atoms with Crippen molar-refractivity contribution in [3.8, 4) is 0 Å². The fourth-order valence-electron chi connectivity index (χ4n) is 3.29. The molecule has 31 heavy (non-hydrogen) atoms. The zero-order valence-corrected chi connectivity index (χ0v) is 16.9. The van der Waals surface area contributed by atoms with Gasteiger partial charge in [-0.05, 0) is 24.6 Å². The molecule has 4 rings (SSSR count). The van der Waals surface area contributed by atoms with Gasteiger partial charge >= 0.3 is 0 Å². The Kier molecular flexibility index (Phi) is 5.57. The molecular formula is C24H21N5O2. The van der Waals surface area contributed by atoms with E-state index in [-0.39, 0.29) is 11.9 Å². The first-order valence-corrected chi connectivity index (χ1v) is 9.72. The summed E-state index contributed by atoms with van der Waals surface area (Å²) in [5.41, 5.74) is 10.3. The van der Waals surface area contributed by atoms with E-state index in [1.165, 1.54) is 0 Å². The maximum absolute atomic E-state index is 12.8. The predicted octanol–water partition coefficient (Wildman–Crippen LogP) is 3.47. The first-order chi connectivity index (χ1) is 15.0. The van der Waals surface area contributed by atoms with Gasteiger partial charge in [-0.25, -0.2) is 4.99 Å². The number of rotatable bonds is 3. The number of carbonyl (C=O) groups excluding carboxylic acids is 1. The van der Waals surface area contributed by atoms with Gasteiger partial charge in [-0.2, -0.15) is 4.99 Å². The molecule has 3 aromatic rings. The summed E-state index contributed by atoms with van der Waals surface area (Å²) in [6.07, 6.45) is -1.16. The summed E-state index contributed by atoms with van der Waals surface area (Å²) < 4.78 is 5.39. The monoisotopic (exact) mass is 411 g/mol. The molecule has 1 aliphatic heterocycles. The SMILES string of the molecule is Cc1ccccc1C(=N)OC(N)=NC1N=C(c2ccccc2)c2ccccc2NC1=O. The Labute approximate surface area is 179 Å². The molecule has 0 aliphatic carbocycles. The quantitative estimate of drug-likeness (QED) is 0.453. The van der Waals surface area contributed by atoms with Crippen molar-refractivity contribution in [1.82, 2.24) is 0 Å². The number of nitrogens with one attached hydrogen (secondary N) is 2. The van der Waals surface area contributed by atoms with Crippen LogP contribution in [0.5, 0.6) is 0 Å². The summed E-state index contributed by atoms with van der Waals surface area (Å²) in [6.45, 7) is 1.87. The van der Waals surface area contributed by atoms with Crippen LogP contribution in [0, 0.1) is 12.3 Å². The summed E-state index contributed by atoms with van der Waals surface area (Å²) in [7, 11) is 0. The summed E-state index contributed by atoms with van der Waals surface area (Å²) in [5, 5.41) is 11.0. The molecule has 1 atom stereocenters. The van der Waals surface area contributed by atoms with Crippen LogP contribution >= 0.6 is 0 Å². The molecule has 0 fully saturated rings. The number of amidine groups is 1. The summed E-state index contributed by atoms with van der Waals surface area (Å²) in [4.78, 5) is 21.6. The van der Waals surface area contributed by atoms with Gasteiger partial charge in [0.05, 0.1) is 11.4 Å². The topological polar surface area (TPSA) is 113 Å². The lowest BCUT2D eigenvalue weighted by atomic mass is 10.0. The highest BCUT2D eigenvalue weighted by Gasteiger charge is 2.26. The number of fused-ring (bicyclic) bond motifs is 1. The number of benzodiazepines with no additional fused rings is 1. The highest BCUT2D eigenvalue weighted by Crippen LogP contribution is 2.24. The van der Waals surface area contributed by atoms with E-state index in [2.05, 4.69) is 15.3 Å². The molecule has 0 radical (unpaired) electrons. The Bertz CT molecular complexity index is 1200. The van der Waals surface area contributed by atoms with E-state index < -0.39 is 12.1 Å². The number of para-hydroxylation sites is 1. The van der Waals surface area contributed by atoms with Crippen molar-refractivity contribution >= 4 is 29.2 Å². The number of hydrogen-bond acceptors (Lipinski definition) is 5. The molecule has 0 bridgehead atoms. The van der Waals surface area contributed by atoms with Crippen LogP contribution in [-0.2, 0) is 9.53 Å². The Morgan fingerprint density at radius 3 is 2.48 bits per heavy atom. The van der Waals surface area contributed by atoms with Gasteiger partial charge in [0, 0.05) is 16.7 Å². The van der Waals surface area contributed by atoms with Crippen LogP contribution in [0.3, 0.4) is 0 Å². The maximum atomic E-state index is 12.8. The van der Waals surface area contributed by atoms with E-state index >= 15 is 0 Å². The molecule has 154 valence electrons. The van der Waals surface area contributed by atoms with E-state index in [0.717, 1.165) is 16.7 Å². The number of ether oxygens (including phenoxy) is 1. The molecular weight excluding hydrogens is 390 g/mol.